The maximum Gasteiger partial charge on any atom is 0.302 e. The second-order valence-electron chi connectivity index (χ2n) is 5.25. The summed E-state index contributed by atoms with van der Waals surface area (Å²) in [5.74, 6) is -0.178. The highest BCUT2D eigenvalue weighted by molar-refractivity contribution is 5.65. The van der Waals surface area contributed by atoms with E-state index in [1.165, 1.54) is 39.0 Å². The minimum atomic E-state index is -0.178. The molecule has 2 heteroatoms. The molecular weight excluding hydrogens is 248 g/mol. The standard InChI is InChI=1S/C18H32O2/c1-4-13-18(14-5-2)15-11-9-7-6-8-10-12-16-20-17(3)19/h6-7,15H,4-5,8-14,16H2,1-3H3. The van der Waals surface area contributed by atoms with Gasteiger partial charge in [0.25, 0.3) is 0 Å². The number of allylic oxidation sites excluding steroid dienone is 4. The topological polar surface area (TPSA) is 26.3 Å². The molecule has 0 N–H and O–H groups in total. The first-order chi connectivity index (χ1) is 9.70. The largest absolute Gasteiger partial charge is 0.466 e. The summed E-state index contributed by atoms with van der Waals surface area (Å²) in [6, 6.07) is 0. The Labute approximate surface area is 125 Å². The van der Waals surface area contributed by atoms with Crippen molar-refractivity contribution in [2.24, 2.45) is 0 Å². The molecule has 0 atom stereocenters. The van der Waals surface area contributed by atoms with Crippen molar-refractivity contribution in [2.75, 3.05) is 6.61 Å². The molecule has 0 aromatic heterocycles. The van der Waals surface area contributed by atoms with Crippen LogP contribution in [-0.2, 0) is 9.53 Å². The lowest BCUT2D eigenvalue weighted by molar-refractivity contribution is -0.141. The van der Waals surface area contributed by atoms with E-state index in [0.717, 1.165) is 25.7 Å². The molecule has 20 heavy (non-hydrogen) atoms. The molecule has 0 aromatic rings. The van der Waals surface area contributed by atoms with E-state index in [-0.39, 0.29) is 5.97 Å². The second-order valence-corrected chi connectivity index (χ2v) is 5.25. The lowest BCUT2D eigenvalue weighted by Gasteiger charge is -2.03. The Morgan fingerprint density at radius 3 is 2.20 bits per heavy atom. The van der Waals surface area contributed by atoms with Crippen molar-refractivity contribution in [3.8, 4) is 0 Å². The molecule has 0 aliphatic carbocycles. The minimum Gasteiger partial charge on any atom is -0.466 e. The smallest absolute Gasteiger partial charge is 0.302 e. The summed E-state index contributed by atoms with van der Waals surface area (Å²) in [5.41, 5.74) is 1.63. The molecule has 0 saturated carbocycles. The van der Waals surface area contributed by atoms with Gasteiger partial charge in [-0.3, -0.25) is 4.79 Å². The van der Waals surface area contributed by atoms with E-state index in [4.69, 9.17) is 4.74 Å². The predicted octanol–water partition coefficient (Wildman–Crippen LogP) is 5.58. The Morgan fingerprint density at radius 1 is 0.950 bits per heavy atom. The van der Waals surface area contributed by atoms with Gasteiger partial charge in [0.05, 0.1) is 6.61 Å². The number of rotatable bonds is 12. The Hall–Kier alpha value is -1.05. The Kier molecular flexibility index (Phi) is 13.6. The Balaban J connectivity index is 3.55. The molecule has 116 valence electrons. The van der Waals surface area contributed by atoms with Gasteiger partial charge in [-0.15, -0.1) is 0 Å². The molecule has 0 spiro atoms. The second kappa shape index (κ2) is 14.4. The van der Waals surface area contributed by atoms with Crippen LogP contribution < -0.4 is 0 Å². The summed E-state index contributed by atoms with van der Waals surface area (Å²) in [6.07, 6.45) is 17.4. The fraction of sp³-hybridized carbons (Fsp3) is 0.722. The minimum absolute atomic E-state index is 0.178. The average molecular weight is 280 g/mol. The highest BCUT2D eigenvalue weighted by Gasteiger charge is 1.94. The van der Waals surface area contributed by atoms with Gasteiger partial charge in [-0.1, -0.05) is 50.5 Å². The maximum absolute atomic E-state index is 10.6. The predicted molar refractivity (Wildman–Crippen MR) is 86.8 cm³/mol. The lowest BCUT2D eigenvalue weighted by atomic mass is 10.0. The fourth-order valence-electron chi connectivity index (χ4n) is 2.17. The van der Waals surface area contributed by atoms with Crippen LogP contribution in [0.3, 0.4) is 0 Å². The zero-order valence-electron chi connectivity index (χ0n) is 13.6. The zero-order valence-corrected chi connectivity index (χ0v) is 13.6. The summed E-state index contributed by atoms with van der Waals surface area (Å²) < 4.78 is 4.89. The maximum atomic E-state index is 10.6. The van der Waals surface area contributed by atoms with Gasteiger partial charge in [0.2, 0.25) is 0 Å². The summed E-state index contributed by atoms with van der Waals surface area (Å²) in [4.78, 5) is 10.6. The quantitative estimate of drug-likeness (QED) is 0.265. The first kappa shape index (κ1) is 18.9. The van der Waals surface area contributed by atoms with Crippen LogP contribution in [0, 0.1) is 0 Å². The normalized spacial score (nSPS) is 10.8. The molecule has 0 rings (SSSR count). The molecule has 0 unspecified atom stereocenters. The van der Waals surface area contributed by atoms with E-state index >= 15 is 0 Å². The van der Waals surface area contributed by atoms with Gasteiger partial charge in [-0.25, -0.2) is 0 Å². The van der Waals surface area contributed by atoms with Crippen LogP contribution >= 0.6 is 0 Å². The van der Waals surface area contributed by atoms with Gasteiger partial charge < -0.3 is 4.74 Å². The van der Waals surface area contributed by atoms with Crippen molar-refractivity contribution in [2.45, 2.75) is 78.6 Å². The first-order valence-electron chi connectivity index (χ1n) is 8.16. The van der Waals surface area contributed by atoms with E-state index in [2.05, 4.69) is 32.1 Å². The number of hydrogen-bond acceptors (Lipinski definition) is 2. The SMILES string of the molecule is CCCC(=CCCC=CCCCCOC(C)=O)CCC. The number of carbonyl (C=O) groups is 1. The number of hydrogen-bond donors (Lipinski definition) is 0. The van der Waals surface area contributed by atoms with E-state index in [0.29, 0.717) is 6.61 Å². The van der Waals surface area contributed by atoms with Gasteiger partial charge in [0, 0.05) is 6.92 Å². The van der Waals surface area contributed by atoms with E-state index < -0.39 is 0 Å². The van der Waals surface area contributed by atoms with Crippen LogP contribution in [0.25, 0.3) is 0 Å². The van der Waals surface area contributed by atoms with Gasteiger partial charge in [0.15, 0.2) is 0 Å². The zero-order chi connectivity index (χ0) is 15.1. The first-order valence-corrected chi connectivity index (χ1v) is 8.16. The molecule has 0 radical (unpaired) electrons. The third kappa shape index (κ3) is 13.4. The number of ether oxygens (including phenoxy) is 1. The van der Waals surface area contributed by atoms with E-state index in [1.54, 1.807) is 5.57 Å². The molecule has 0 bridgehead atoms. The molecule has 0 fully saturated rings. The summed E-state index contributed by atoms with van der Waals surface area (Å²) >= 11 is 0. The van der Waals surface area contributed by atoms with Crippen molar-refractivity contribution >= 4 is 5.97 Å². The fourth-order valence-corrected chi connectivity index (χ4v) is 2.17. The highest BCUT2D eigenvalue weighted by Crippen LogP contribution is 2.13. The van der Waals surface area contributed by atoms with Crippen molar-refractivity contribution < 1.29 is 9.53 Å². The molecular formula is C18H32O2. The molecule has 0 heterocycles. The monoisotopic (exact) mass is 280 g/mol. The van der Waals surface area contributed by atoms with Crippen LogP contribution in [-0.4, -0.2) is 12.6 Å². The van der Waals surface area contributed by atoms with Crippen LogP contribution in [0.2, 0.25) is 0 Å². The number of carbonyl (C=O) groups excluding carboxylic acids is 1. The highest BCUT2D eigenvalue weighted by atomic mass is 16.5. The molecule has 0 aliphatic heterocycles. The Morgan fingerprint density at radius 2 is 1.60 bits per heavy atom. The molecule has 0 aromatic carbocycles. The molecule has 0 aliphatic rings. The van der Waals surface area contributed by atoms with E-state index in [1.807, 2.05) is 0 Å². The average Bonchev–Trinajstić information content (AvgIpc) is 2.41. The Bertz CT molecular complexity index is 282. The number of unbranched alkanes of at least 4 members (excludes halogenated alkanes) is 3. The van der Waals surface area contributed by atoms with Gasteiger partial charge in [-0.2, -0.15) is 0 Å². The van der Waals surface area contributed by atoms with Crippen LogP contribution in [0.5, 0.6) is 0 Å². The van der Waals surface area contributed by atoms with Crippen LogP contribution in [0.15, 0.2) is 23.8 Å². The lowest BCUT2D eigenvalue weighted by Crippen LogP contribution is -1.99. The van der Waals surface area contributed by atoms with Crippen molar-refractivity contribution in [1.29, 1.82) is 0 Å². The third-order valence-corrected chi connectivity index (χ3v) is 3.15. The summed E-state index contributed by atoms with van der Waals surface area (Å²) in [6.45, 7) is 6.51. The summed E-state index contributed by atoms with van der Waals surface area (Å²) in [7, 11) is 0. The summed E-state index contributed by atoms with van der Waals surface area (Å²) in [5, 5.41) is 0. The molecule has 0 amide bonds. The van der Waals surface area contributed by atoms with Crippen molar-refractivity contribution in [3.63, 3.8) is 0 Å². The van der Waals surface area contributed by atoms with Gasteiger partial charge in [-0.05, 0) is 44.9 Å². The van der Waals surface area contributed by atoms with Gasteiger partial charge in [0.1, 0.15) is 0 Å². The molecule has 2 nitrogen and oxygen atoms in total. The molecule has 0 saturated heterocycles. The van der Waals surface area contributed by atoms with E-state index in [9.17, 15) is 4.79 Å². The van der Waals surface area contributed by atoms with Crippen LogP contribution in [0.4, 0.5) is 0 Å². The third-order valence-electron chi connectivity index (χ3n) is 3.15. The number of esters is 1. The van der Waals surface area contributed by atoms with Crippen molar-refractivity contribution in [3.05, 3.63) is 23.8 Å². The van der Waals surface area contributed by atoms with Crippen molar-refractivity contribution in [1.82, 2.24) is 0 Å². The van der Waals surface area contributed by atoms with Crippen LogP contribution in [0.1, 0.15) is 78.6 Å². The van der Waals surface area contributed by atoms with Gasteiger partial charge >= 0.3 is 5.97 Å².